The average Bonchev–Trinajstić information content (AvgIpc) is 2.96. The summed E-state index contributed by atoms with van der Waals surface area (Å²) in [7, 11) is 2.69. The molecule has 2 aromatic rings. The summed E-state index contributed by atoms with van der Waals surface area (Å²) >= 11 is 0. The first-order valence-corrected chi connectivity index (χ1v) is 15.0. The van der Waals surface area contributed by atoms with Gasteiger partial charge in [0, 0.05) is 70.8 Å². The highest BCUT2D eigenvalue weighted by Crippen LogP contribution is 2.42. The first-order chi connectivity index (χ1) is 21.6. The predicted octanol–water partition coefficient (Wildman–Crippen LogP) is 1.58. The molecular formula is C24H36N10O10S2. The molecule has 0 saturated carbocycles. The molecule has 254 valence electrons. The minimum Gasteiger partial charge on any atom is -0.396 e. The molecule has 2 heterocycles. The minimum absolute atomic E-state index is 0.131. The number of carbonyl (C=O) groups is 2. The Hall–Kier alpha value is -4.80. The van der Waals surface area contributed by atoms with Gasteiger partial charge >= 0.3 is 0 Å². The zero-order chi connectivity index (χ0) is 35.4. The van der Waals surface area contributed by atoms with Crippen LogP contribution in [0.3, 0.4) is 0 Å². The Kier molecular flexibility index (Phi) is 19.5. The minimum atomic E-state index is -1.50. The van der Waals surface area contributed by atoms with Crippen molar-refractivity contribution in [3.8, 4) is 0 Å². The van der Waals surface area contributed by atoms with Crippen molar-refractivity contribution in [2.45, 2.75) is 53.6 Å². The van der Waals surface area contributed by atoms with E-state index in [9.17, 15) is 19.8 Å². The van der Waals surface area contributed by atoms with Gasteiger partial charge in [0.05, 0.1) is 13.1 Å². The van der Waals surface area contributed by atoms with Crippen LogP contribution >= 0.6 is 21.6 Å². The molecule has 0 radical (unpaired) electrons. The lowest BCUT2D eigenvalue weighted by Gasteiger charge is -2.24. The normalized spacial score (nSPS) is 11.3. The largest absolute Gasteiger partial charge is 0.396 e. The molecule has 46 heavy (non-hydrogen) atoms. The van der Waals surface area contributed by atoms with Gasteiger partial charge in [-0.1, -0.05) is 21.6 Å². The lowest BCUT2D eigenvalue weighted by Crippen LogP contribution is -2.22. The van der Waals surface area contributed by atoms with Crippen molar-refractivity contribution in [2.75, 3.05) is 24.7 Å². The second-order valence-electron chi connectivity index (χ2n) is 8.73. The number of aliphatic hydroxyl groups excluding tert-OH is 2. The molecule has 0 spiro atoms. The van der Waals surface area contributed by atoms with E-state index in [0.29, 0.717) is 71.5 Å². The number of nitrogens with zero attached hydrogens (tertiary/aromatic N) is 8. The zero-order valence-corrected chi connectivity index (χ0v) is 27.0. The Bertz CT molecular complexity index is 1290. The van der Waals surface area contributed by atoms with E-state index in [1.54, 1.807) is 40.1 Å². The number of amides is 2. The summed E-state index contributed by atoms with van der Waals surface area (Å²) in [6, 6.07) is 0. The van der Waals surface area contributed by atoms with E-state index in [-0.39, 0.29) is 26.3 Å². The molecule has 0 aliphatic rings. The molecule has 8 N–H and O–H groups in total. The van der Waals surface area contributed by atoms with Crippen LogP contribution in [0.4, 0.5) is 11.6 Å². The lowest BCUT2D eigenvalue weighted by atomic mass is 10.2. The zero-order valence-electron chi connectivity index (χ0n) is 25.3. The standard InChI is InChI=1S/C24H34N8O4S2.2HNO3/c1-15(31(13-35)11-19-9-27-17(3)29-23(19)25)21(5-7-33)37-38-22(6-8-34)16(2)32(14-36)12-20-10-28-18(4)30-24(20)26;2*2-1(3)4/h9-10,13-14,33-34H,5-8,11-12H2,1-4H3,(H2,25,27,29)(H2,26,28,30);2*(H,2,3,4)/b21-15+,22-16+;;. The van der Waals surface area contributed by atoms with Gasteiger partial charge in [-0.2, -0.15) is 0 Å². The van der Waals surface area contributed by atoms with Crippen molar-refractivity contribution < 1.29 is 40.4 Å². The van der Waals surface area contributed by atoms with Gasteiger partial charge < -0.3 is 41.9 Å². The number of nitrogens with two attached hydrogens (primary N) is 2. The van der Waals surface area contributed by atoms with Gasteiger partial charge in [0.25, 0.3) is 10.2 Å². The lowest BCUT2D eigenvalue weighted by molar-refractivity contribution is -0.742. The molecule has 0 unspecified atom stereocenters. The third kappa shape index (κ3) is 15.8. The molecule has 2 aromatic heterocycles. The summed E-state index contributed by atoms with van der Waals surface area (Å²) in [4.78, 5) is 61.7. The van der Waals surface area contributed by atoms with E-state index in [4.69, 9.17) is 42.1 Å². The Morgan fingerprint density at radius 2 is 1.11 bits per heavy atom. The van der Waals surface area contributed by atoms with E-state index in [2.05, 4.69) is 19.9 Å². The molecule has 0 aliphatic heterocycles. The third-order valence-corrected chi connectivity index (χ3v) is 8.50. The van der Waals surface area contributed by atoms with Crippen molar-refractivity contribution >= 4 is 46.0 Å². The van der Waals surface area contributed by atoms with Crippen LogP contribution in [-0.2, 0) is 22.7 Å². The van der Waals surface area contributed by atoms with Crippen LogP contribution in [0.25, 0.3) is 0 Å². The molecule has 2 amide bonds. The van der Waals surface area contributed by atoms with E-state index >= 15 is 0 Å². The van der Waals surface area contributed by atoms with Gasteiger partial charge in [-0.25, -0.2) is 19.9 Å². The Morgan fingerprint density at radius 3 is 1.35 bits per heavy atom. The van der Waals surface area contributed by atoms with Crippen LogP contribution in [0.5, 0.6) is 0 Å². The van der Waals surface area contributed by atoms with E-state index < -0.39 is 10.2 Å². The van der Waals surface area contributed by atoms with Gasteiger partial charge in [0.15, 0.2) is 0 Å². The quantitative estimate of drug-likeness (QED) is 0.0669. The maximum Gasteiger partial charge on any atom is 0.291 e. The molecular weight excluding hydrogens is 652 g/mol. The smallest absolute Gasteiger partial charge is 0.291 e. The Balaban J connectivity index is 0.00000226. The van der Waals surface area contributed by atoms with Crippen LogP contribution in [-0.4, -0.2) is 86.6 Å². The van der Waals surface area contributed by atoms with E-state index in [1.807, 2.05) is 0 Å². The van der Waals surface area contributed by atoms with Crippen molar-refractivity contribution in [1.82, 2.24) is 29.7 Å². The number of hydrogen-bond donors (Lipinski definition) is 6. The first-order valence-electron chi connectivity index (χ1n) is 12.8. The number of aryl methyl sites for hydroxylation is 2. The highest BCUT2D eigenvalue weighted by Gasteiger charge is 2.18. The Labute approximate surface area is 270 Å². The molecule has 22 heteroatoms. The number of carbonyl (C=O) groups excluding carboxylic acids is 2. The second kappa shape index (κ2) is 21.8. The number of aromatic nitrogens is 4. The summed E-state index contributed by atoms with van der Waals surface area (Å²) in [6.45, 7) is 7.08. The third-order valence-electron chi connectivity index (χ3n) is 5.56. The van der Waals surface area contributed by atoms with Crippen molar-refractivity contribution in [2.24, 2.45) is 0 Å². The molecule has 0 bridgehead atoms. The van der Waals surface area contributed by atoms with Gasteiger partial charge in [0.2, 0.25) is 12.8 Å². The molecule has 0 atom stereocenters. The van der Waals surface area contributed by atoms with Gasteiger partial charge in [-0.15, -0.1) is 20.2 Å². The molecule has 0 aromatic carbocycles. The fourth-order valence-corrected chi connectivity index (χ4v) is 6.15. The molecule has 2 rings (SSSR count). The fraction of sp³-hybridized carbons (Fsp3) is 0.417. The number of allylic oxidation sites excluding steroid dienone is 2. The molecule has 20 nitrogen and oxygen atoms in total. The second-order valence-corrected chi connectivity index (χ2v) is 11.0. The summed E-state index contributed by atoms with van der Waals surface area (Å²) in [5.41, 5.74) is 14.5. The maximum absolute atomic E-state index is 12.0. The van der Waals surface area contributed by atoms with E-state index in [1.165, 1.54) is 31.4 Å². The number of anilines is 2. The summed E-state index contributed by atoms with van der Waals surface area (Å²) in [5, 5.41) is 46.6. The molecule has 0 saturated heterocycles. The highest BCUT2D eigenvalue weighted by molar-refractivity contribution is 8.79. The van der Waals surface area contributed by atoms with Crippen molar-refractivity contribution in [1.29, 1.82) is 0 Å². The van der Waals surface area contributed by atoms with Crippen LogP contribution < -0.4 is 11.5 Å². The van der Waals surface area contributed by atoms with Crippen LogP contribution in [0, 0.1) is 34.1 Å². The van der Waals surface area contributed by atoms with Crippen LogP contribution in [0.1, 0.15) is 49.5 Å². The van der Waals surface area contributed by atoms with Crippen molar-refractivity contribution in [3.63, 3.8) is 0 Å². The monoisotopic (exact) mass is 688 g/mol. The van der Waals surface area contributed by atoms with Gasteiger partial charge in [-0.3, -0.25) is 9.59 Å². The average molecular weight is 689 g/mol. The summed E-state index contributed by atoms with van der Waals surface area (Å²) in [6.07, 6.45) is 5.15. The van der Waals surface area contributed by atoms with Gasteiger partial charge in [0.1, 0.15) is 23.3 Å². The van der Waals surface area contributed by atoms with Gasteiger partial charge in [-0.05, 0) is 27.7 Å². The fourth-order valence-electron chi connectivity index (χ4n) is 3.30. The van der Waals surface area contributed by atoms with Crippen molar-refractivity contribution in [3.05, 3.63) is 76.6 Å². The predicted molar refractivity (Wildman–Crippen MR) is 167 cm³/mol. The highest BCUT2D eigenvalue weighted by atomic mass is 33.1. The SMILES string of the molecule is C/C(=C(/CCO)SS/C(CCO)=C(\C)N(C=O)Cc1cnc(C)nc1N)N(C=O)Cc1cnc(C)nc1N.O=[N+]([O-])O.O=[N+]([O-])O. The maximum atomic E-state index is 12.0. The molecule has 0 aliphatic carbocycles. The number of aliphatic hydroxyl groups is 2. The van der Waals surface area contributed by atoms with Crippen LogP contribution in [0.15, 0.2) is 33.6 Å². The number of rotatable bonds is 15. The summed E-state index contributed by atoms with van der Waals surface area (Å²) in [5.74, 6) is 1.65. The number of hydrogen-bond acceptors (Lipinski definition) is 16. The topological polar surface area (TPSA) is 311 Å². The number of nitrogen functional groups attached to an aromatic ring is 2. The van der Waals surface area contributed by atoms with Crippen LogP contribution in [0.2, 0.25) is 0 Å². The first kappa shape index (κ1) is 41.2. The molecule has 0 fully saturated rings. The summed E-state index contributed by atoms with van der Waals surface area (Å²) < 4.78 is 0. The Morgan fingerprint density at radius 1 is 0.804 bits per heavy atom. The van der Waals surface area contributed by atoms with E-state index in [0.717, 1.165) is 9.81 Å².